The fourth-order valence-electron chi connectivity index (χ4n) is 2.44. The summed E-state index contributed by atoms with van der Waals surface area (Å²) in [7, 11) is 0. The number of nitrogens with zero attached hydrogens (tertiary/aromatic N) is 2. The van der Waals surface area contributed by atoms with Crippen molar-refractivity contribution in [2.24, 2.45) is 0 Å². The molecule has 0 bridgehead atoms. The Kier molecular flexibility index (Phi) is 5.55. The average molecular weight is 413 g/mol. The smallest absolute Gasteiger partial charge is 0.307 e. The number of alkyl halides is 3. The molecule has 2 amide bonds. The highest BCUT2D eigenvalue weighted by Gasteiger charge is 2.33. The molecule has 0 aliphatic heterocycles. The Labute approximate surface area is 161 Å². The van der Waals surface area contributed by atoms with E-state index in [1.165, 1.54) is 35.1 Å². The summed E-state index contributed by atoms with van der Waals surface area (Å²) in [5.74, 6) is -0.397. The molecule has 0 spiro atoms. The van der Waals surface area contributed by atoms with Gasteiger partial charge in [0.2, 0.25) is 0 Å². The molecule has 2 aromatic carbocycles. The van der Waals surface area contributed by atoms with Crippen LogP contribution in [0.15, 0.2) is 54.7 Å². The molecule has 0 aliphatic rings. The first kappa shape index (κ1) is 19.7. The van der Waals surface area contributed by atoms with Crippen molar-refractivity contribution >= 4 is 29.1 Å². The molecule has 0 fully saturated rings. The lowest BCUT2D eigenvalue weighted by atomic mass is 10.1. The van der Waals surface area contributed by atoms with Crippen LogP contribution < -0.4 is 10.6 Å². The number of rotatable bonds is 4. The molecule has 1 aromatic heterocycles. The van der Waals surface area contributed by atoms with Gasteiger partial charge < -0.3 is 5.32 Å². The fourth-order valence-corrected chi connectivity index (χ4v) is 2.64. The number of hydrogen-bond donors (Lipinski definition) is 2. The number of urea groups is 1. The molecule has 0 aliphatic carbocycles. The van der Waals surface area contributed by atoms with Crippen LogP contribution >= 0.6 is 11.6 Å². The summed E-state index contributed by atoms with van der Waals surface area (Å²) < 4.78 is 53.3. The zero-order valence-electron chi connectivity index (χ0n) is 14.1. The van der Waals surface area contributed by atoms with Crippen molar-refractivity contribution in [1.29, 1.82) is 0 Å². The van der Waals surface area contributed by atoms with Gasteiger partial charge in [-0.1, -0.05) is 35.9 Å². The van der Waals surface area contributed by atoms with Crippen LogP contribution in [0.4, 0.5) is 33.9 Å². The molecule has 0 unspecified atom stereocenters. The van der Waals surface area contributed by atoms with Gasteiger partial charge in [-0.25, -0.2) is 9.18 Å². The average Bonchev–Trinajstić information content (AvgIpc) is 2.95. The summed E-state index contributed by atoms with van der Waals surface area (Å²) in [4.78, 5) is 12.1. The van der Waals surface area contributed by atoms with Crippen LogP contribution in [0.1, 0.15) is 11.1 Å². The summed E-state index contributed by atoms with van der Waals surface area (Å²) in [6.07, 6.45) is -3.18. The Balaban J connectivity index is 1.70. The second-order valence-electron chi connectivity index (χ2n) is 5.77. The first-order valence-electron chi connectivity index (χ1n) is 7.94. The quantitative estimate of drug-likeness (QED) is 0.565. The zero-order valence-corrected chi connectivity index (χ0v) is 14.9. The molecule has 0 saturated heterocycles. The van der Waals surface area contributed by atoms with Crippen LogP contribution in [0.25, 0.3) is 0 Å². The van der Waals surface area contributed by atoms with Gasteiger partial charge >= 0.3 is 12.2 Å². The number of carbonyl (C=O) groups is 1. The fraction of sp³-hybridized carbons (Fsp3) is 0.111. The van der Waals surface area contributed by atoms with Crippen molar-refractivity contribution in [2.45, 2.75) is 12.7 Å². The Bertz CT molecular complexity index is 986. The van der Waals surface area contributed by atoms with Crippen LogP contribution in [0.2, 0.25) is 5.02 Å². The minimum atomic E-state index is -4.61. The van der Waals surface area contributed by atoms with Gasteiger partial charge in [0, 0.05) is 6.20 Å². The van der Waals surface area contributed by atoms with E-state index in [1.807, 2.05) is 0 Å². The SMILES string of the molecule is O=C(Nc1ccccc1C(F)(F)F)Nc1nn(Cc2ccc(F)cc2)cc1Cl. The highest BCUT2D eigenvalue weighted by Crippen LogP contribution is 2.34. The summed E-state index contributed by atoms with van der Waals surface area (Å²) in [6.45, 7) is 0.264. The van der Waals surface area contributed by atoms with Crippen molar-refractivity contribution in [1.82, 2.24) is 9.78 Å². The summed E-state index contributed by atoms with van der Waals surface area (Å²) in [5.41, 5.74) is -0.622. The van der Waals surface area contributed by atoms with Gasteiger partial charge in [-0.2, -0.15) is 18.3 Å². The molecule has 3 rings (SSSR count). The van der Waals surface area contributed by atoms with Gasteiger partial charge in [-0.3, -0.25) is 10.00 Å². The minimum absolute atomic E-state index is 0.0224. The van der Waals surface area contributed by atoms with E-state index in [0.29, 0.717) is 0 Å². The lowest BCUT2D eigenvalue weighted by Gasteiger charge is -2.13. The number of amides is 2. The number of benzene rings is 2. The maximum Gasteiger partial charge on any atom is 0.418 e. The van der Waals surface area contributed by atoms with Crippen LogP contribution in [-0.4, -0.2) is 15.8 Å². The third-order valence-electron chi connectivity index (χ3n) is 3.69. The van der Waals surface area contributed by atoms with Gasteiger partial charge in [0.25, 0.3) is 0 Å². The molecule has 1 heterocycles. The lowest BCUT2D eigenvalue weighted by Crippen LogP contribution is -2.22. The van der Waals surface area contributed by atoms with Crippen molar-refractivity contribution in [3.05, 3.63) is 76.7 Å². The number of carbonyl (C=O) groups excluding carboxylic acids is 1. The highest BCUT2D eigenvalue weighted by molar-refractivity contribution is 6.33. The standard InChI is InChI=1S/C18H13ClF4N4O/c19-14-10-27(9-11-5-7-12(20)8-6-11)26-16(14)25-17(28)24-15-4-2-1-3-13(15)18(21,22)23/h1-8,10H,9H2,(H2,24,25,26,28). The summed E-state index contributed by atoms with van der Waals surface area (Å²) in [6, 6.07) is 9.39. The molecule has 0 atom stereocenters. The molecule has 0 radical (unpaired) electrons. The Morgan fingerprint density at radius 3 is 2.43 bits per heavy atom. The molecular formula is C18H13ClF4N4O. The summed E-state index contributed by atoms with van der Waals surface area (Å²) in [5, 5.41) is 8.63. The maximum atomic E-state index is 13.0. The number of nitrogens with one attached hydrogen (secondary N) is 2. The number of anilines is 2. The van der Waals surface area contributed by atoms with Gasteiger partial charge in [-0.15, -0.1) is 0 Å². The normalized spacial score (nSPS) is 11.3. The van der Waals surface area contributed by atoms with E-state index in [2.05, 4.69) is 15.7 Å². The second-order valence-corrected chi connectivity index (χ2v) is 6.18. The lowest BCUT2D eigenvalue weighted by molar-refractivity contribution is -0.136. The van der Waals surface area contributed by atoms with E-state index < -0.39 is 23.5 Å². The van der Waals surface area contributed by atoms with Gasteiger partial charge in [0.1, 0.15) is 10.8 Å². The largest absolute Gasteiger partial charge is 0.418 e. The second kappa shape index (κ2) is 7.89. The molecule has 28 heavy (non-hydrogen) atoms. The first-order chi connectivity index (χ1) is 13.2. The van der Waals surface area contributed by atoms with E-state index in [9.17, 15) is 22.4 Å². The Hall–Kier alpha value is -3.07. The number of hydrogen-bond acceptors (Lipinski definition) is 2. The zero-order chi connectivity index (χ0) is 20.3. The molecular weight excluding hydrogens is 400 g/mol. The van der Waals surface area contributed by atoms with Crippen LogP contribution in [0, 0.1) is 5.82 Å². The molecule has 2 N–H and O–H groups in total. The van der Waals surface area contributed by atoms with Gasteiger partial charge in [0.05, 0.1) is 17.8 Å². The predicted molar refractivity (Wildman–Crippen MR) is 96.8 cm³/mol. The van der Waals surface area contributed by atoms with E-state index in [0.717, 1.165) is 17.7 Å². The summed E-state index contributed by atoms with van der Waals surface area (Å²) >= 11 is 6.02. The van der Waals surface area contributed by atoms with Crippen LogP contribution in [0.3, 0.4) is 0 Å². The van der Waals surface area contributed by atoms with Gasteiger partial charge in [0.15, 0.2) is 5.82 Å². The van der Waals surface area contributed by atoms with Crippen molar-refractivity contribution in [3.8, 4) is 0 Å². The van der Waals surface area contributed by atoms with E-state index in [4.69, 9.17) is 11.6 Å². The van der Waals surface area contributed by atoms with Crippen molar-refractivity contribution < 1.29 is 22.4 Å². The molecule has 10 heteroatoms. The number of aromatic nitrogens is 2. The van der Waals surface area contributed by atoms with E-state index >= 15 is 0 Å². The monoisotopic (exact) mass is 412 g/mol. The Morgan fingerprint density at radius 1 is 1.07 bits per heavy atom. The molecule has 146 valence electrons. The Morgan fingerprint density at radius 2 is 1.75 bits per heavy atom. The van der Waals surface area contributed by atoms with E-state index in [-0.39, 0.29) is 23.2 Å². The number of halogens is 5. The topological polar surface area (TPSA) is 59.0 Å². The van der Waals surface area contributed by atoms with Crippen LogP contribution in [0.5, 0.6) is 0 Å². The van der Waals surface area contributed by atoms with Gasteiger partial charge in [-0.05, 0) is 29.8 Å². The minimum Gasteiger partial charge on any atom is -0.307 e. The third kappa shape index (κ3) is 4.80. The first-order valence-corrected chi connectivity index (χ1v) is 8.32. The third-order valence-corrected chi connectivity index (χ3v) is 3.96. The number of para-hydroxylation sites is 1. The molecule has 0 saturated carbocycles. The highest BCUT2D eigenvalue weighted by atomic mass is 35.5. The molecule has 3 aromatic rings. The van der Waals surface area contributed by atoms with Crippen molar-refractivity contribution in [2.75, 3.05) is 10.6 Å². The van der Waals surface area contributed by atoms with Crippen molar-refractivity contribution in [3.63, 3.8) is 0 Å². The van der Waals surface area contributed by atoms with Crippen LogP contribution in [-0.2, 0) is 12.7 Å². The molecule has 5 nitrogen and oxygen atoms in total. The predicted octanol–water partition coefficient (Wildman–Crippen LogP) is 5.39. The van der Waals surface area contributed by atoms with E-state index in [1.54, 1.807) is 12.1 Å². The maximum absolute atomic E-state index is 13.0.